The van der Waals surface area contributed by atoms with Crippen molar-refractivity contribution in [3.8, 4) is 22.3 Å². The zero-order chi connectivity index (χ0) is 37.9. The lowest BCUT2D eigenvalue weighted by Gasteiger charge is -2.29. The minimum Gasteiger partial charge on any atom is -0.456 e. The monoisotopic (exact) mass is 739 g/mol. The molecule has 13 rings (SSSR count). The van der Waals surface area contributed by atoms with E-state index in [0.717, 1.165) is 61.2 Å². The van der Waals surface area contributed by atoms with Crippen LogP contribution in [0.1, 0.15) is 0 Å². The molecule has 4 nitrogen and oxygen atoms in total. The van der Waals surface area contributed by atoms with Crippen molar-refractivity contribution in [3.63, 3.8) is 0 Å². The van der Waals surface area contributed by atoms with Crippen LogP contribution in [0.25, 0.3) is 98.8 Å². The Bertz CT molecular complexity index is 3740. The molecule has 0 aliphatic rings. The van der Waals surface area contributed by atoms with Gasteiger partial charge in [0, 0.05) is 55.3 Å². The summed E-state index contributed by atoms with van der Waals surface area (Å²) in [5.74, 6) is 0. The Kier molecular flexibility index (Phi) is 6.41. The predicted molar refractivity (Wildman–Crippen MR) is 242 cm³/mol. The maximum Gasteiger partial charge on any atom is 0.137 e. The maximum atomic E-state index is 6.54. The van der Waals surface area contributed by atoms with E-state index in [1.54, 1.807) is 0 Å². The van der Waals surface area contributed by atoms with Gasteiger partial charge in [-0.05, 0) is 77.4 Å². The fourth-order valence-corrected chi connectivity index (χ4v) is 9.69. The number of fused-ring (bicyclic) bond motifs is 12. The molecular weight excluding hydrogens is 707 g/mol. The summed E-state index contributed by atoms with van der Waals surface area (Å²) in [5, 5.41) is 7.28. The van der Waals surface area contributed by atoms with Crippen molar-refractivity contribution in [3.05, 3.63) is 200 Å². The Balaban J connectivity index is 1.15. The molecular formula is C54H33N3O. The summed E-state index contributed by atoms with van der Waals surface area (Å²) < 4.78 is 11.5. The van der Waals surface area contributed by atoms with Crippen molar-refractivity contribution >= 4 is 93.6 Å². The first-order valence-corrected chi connectivity index (χ1v) is 19.8. The fourth-order valence-electron chi connectivity index (χ4n) is 9.69. The van der Waals surface area contributed by atoms with Crippen molar-refractivity contribution in [1.82, 2.24) is 8.80 Å². The molecule has 0 amide bonds. The van der Waals surface area contributed by atoms with Gasteiger partial charge in [0.15, 0.2) is 0 Å². The molecule has 0 saturated heterocycles. The molecule has 270 valence electrons. The third-order valence-electron chi connectivity index (χ3n) is 12.2. The molecule has 13 aromatic rings. The number of anilines is 3. The molecule has 9 aromatic carbocycles. The highest BCUT2D eigenvalue weighted by atomic mass is 16.3. The summed E-state index contributed by atoms with van der Waals surface area (Å²) in [6.45, 7) is 0. The number of nitrogens with zero attached hydrogens (tertiary/aromatic N) is 3. The summed E-state index contributed by atoms with van der Waals surface area (Å²) in [4.78, 5) is 2.41. The van der Waals surface area contributed by atoms with Crippen molar-refractivity contribution in [2.24, 2.45) is 0 Å². The van der Waals surface area contributed by atoms with E-state index in [0.29, 0.717) is 0 Å². The second-order valence-corrected chi connectivity index (χ2v) is 15.3. The van der Waals surface area contributed by atoms with Crippen LogP contribution in [0.4, 0.5) is 17.1 Å². The first-order valence-electron chi connectivity index (χ1n) is 19.8. The normalized spacial score (nSPS) is 12.1. The molecule has 0 unspecified atom stereocenters. The largest absolute Gasteiger partial charge is 0.456 e. The summed E-state index contributed by atoms with van der Waals surface area (Å²) >= 11 is 0. The summed E-state index contributed by atoms with van der Waals surface area (Å²) in [6, 6.07) is 72.5. The number of hydrogen-bond donors (Lipinski definition) is 0. The van der Waals surface area contributed by atoms with Crippen molar-refractivity contribution in [2.45, 2.75) is 0 Å². The lowest BCUT2D eigenvalue weighted by atomic mass is 9.96. The second kappa shape index (κ2) is 11.8. The number of hydrogen-bond acceptors (Lipinski definition) is 2. The Labute approximate surface area is 333 Å². The van der Waals surface area contributed by atoms with Gasteiger partial charge < -0.3 is 18.1 Å². The summed E-state index contributed by atoms with van der Waals surface area (Å²) in [6.07, 6.45) is 0. The van der Waals surface area contributed by atoms with Gasteiger partial charge in [-0.15, -0.1) is 0 Å². The van der Waals surface area contributed by atoms with Gasteiger partial charge in [-0.3, -0.25) is 0 Å². The predicted octanol–water partition coefficient (Wildman–Crippen LogP) is 14.9. The average Bonchev–Trinajstić information content (AvgIpc) is 3.95. The van der Waals surface area contributed by atoms with Crippen molar-refractivity contribution in [1.29, 1.82) is 0 Å². The molecule has 0 atom stereocenters. The van der Waals surface area contributed by atoms with E-state index in [1.807, 2.05) is 12.1 Å². The van der Waals surface area contributed by atoms with E-state index in [9.17, 15) is 0 Å². The Hall–Kier alpha value is -7.82. The number of rotatable bonds is 5. The van der Waals surface area contributed by atoms with Crippen molar-refractivity contribution < 1.29 is 4.42 Å². The van der Waals surface area contributed by atoms with Gasteiger partial charge >= 0.3 is 0 Å². The molecule has 0 aliphatic heterocycles. The molecule has 0 radical (unpaired) electrons. The lowest BCUT2D eigenvalue weighted by Crippen LogP contribution is -2.12. The first kappa shape index (κ1) is 31.4. The quantitative estimate of drug-likeness (QED) is 0.164. The van der Waals surface area contributed by atoms with Crippen LogP contribution in [0, 0.1) is 0 Å². The lowest BCUT2D eigenvalue weighted by molar-refractivity contribution is 0.669. The fraction of sp³-hybridized carbons (Fsp3) is 0. The molecule has 0 bridgehead atoms. The standard InChI is InChI=1S/C54H33N3O/c1-3-13-34(14-4-1)36-23-29-48(45(31-36)35-15-5-2-6-16-35)55(38-24-26-42-41-19-9-12-22-51(41)58-52(42)33-38)37-25-30-49-50(32-37)57-47-21-11-8-18-40(47)44-28-27-43-39-17-7-10-20-46(39)56(49)53(43)54(44)57/h1-33H. The van der Waals surface area contributed by atoms with Gasteiger partial charge in [-0.1, -0.05) is 133 Å². The topological polar surface area (TPSA) is 25.2 Å². The minimum absolute atomic E-state index is 0.858. The van der Waals surface area contributed by atoms with Crippen LogP contribution in [0.5, 0.6) is 0 Å². The first-order chi connectivity index (χ1) is 28.8. The highest BCUT2D eigenvalue weighted by molar-refractivity contribution is 6.25. The number of para-hydroxylation sites is 3. The van der Waals surface area contributed by atoms with Gasteiger partial charge in [-0.25, -0.2) is 0 Å². The third kappa shape index (κ3) is 4.34. The van der Waals surface area contributed by atoms with E-state index < -0.39 is 0 Å². The van der Waals surface area contributed by atoms with Gasteiger partial charge in [0.1, 0.15) is 11.2 Å². The van der Waals surface area contributed by atoms with Gasteiger partial charge in [0.05, 0.1) is 38.8 Å². The zero-order valence-electron chi connectivity index (χ0n) is 31.3. The number of benzene rings is 9. The Morgan fingerprint density at radius 1 is 0.328 bits per heavy atom. The van der Waals surface area contributed by atoms with Gasteiger partial charge in [0.2, 0.25) is 0 Å². The zero-order valence-corrected chi connectivity index (χ0v) is 31.3. The molecule has 0 fully saturated rings. The highest BCUT2D eigenvalue weighted by Crippen LogP contribution is 2.47. The summed E-state index contributed by atoms with van der Waals surface area (Å²) in [5.41, 5.74) is 16.7. The van der Waals surface area contributed by atoms with Crippen LogP contribution in [-0.4, -0.2) is 8.80 Å². The number of aromatic nitrogens is 2. The van der Waals surface area contributed by atoms with E-state index in [-0.39, 0.29) is 0 Å². The van der Waals surface area contributed by atoms with E-state index in [4.69, 9.17) is 4.42 Å². The molecule has 4 aromatic heterocycles. The van der Waals surface area contributed by atoms with Crippen LogP contribution in [0.3, 0.4) is 0 Å². The van der Waals surface area contributed by atoms with E-state index in [2.05, 4.69) is 202 Å². The van der Waals surface area contributed by atoms with Crippen LogP contribution < -0.4 is 4.90 Å². The minimum atomic E-state index is 0.858. The number of furan rings is 1. The SMILES string of the molecule is c1ccc(-c2ccc(N(c3ccc4c(c3)oc3ccccc34)c3ccc4c(c3)n3c5ccccc5c5ccc6c7ccccc7n4c6c53)c(-c3ccccc3)c2)cc1. The van der Waals surface area contributed by atoms with Crippen LogP contribution in [-0.2, 0) is 0 Å². The second-order valence-electron chi connectivity index (χ2n) is 15.3. The van der Waals surface area contributed by atoms with Crippen molar-refractivity contribution in [2.75, 3.05) is 4.90 Å². The Morgan fingerprint density at radius 3 is 1.60 bits per heavy atom. The third-order valence-corrected chi connectivity index (χ3v) is 12.2. The smallest absolute Gasteiger partial charge is 0.137 e. The van der Waals surface area contributed by atoms with Gasteiger partial charge in [-0.2, -0.15) is 0 Å². The average molecular weight is 740 g/mol. The van der Waals surface area contributed by atoms with Crippen LogP contribution >= 0.6 is 0 Å². The van der Waals surface area contributed by atoms with Crippen LogP contribution in [0.2, 0.25) is 0 Å². The summed E-state index contributed by atoms with van der Waals surface area (Å²) in [7, 11) is 0. The Morgan fingerprint density at radius 2 is 0.879 bits per heavy atom. The van der Waals surface area contributed by atoms with E-state index in [1.165, 1.54) is 54.7 Å². The maximum absolute atomic E-state index is 6.54. The molecule has 0 spiro atoms. The van der Waals surface area contributed by atoms with Gasteiger partial charge in [0.25, 0.3) is 0 Å². The molecule has 0 aliphatic carbocycles. The highest BCUT2D eigenvalue weighted by Gasteiger charge is 2.24. The molecule has 4 heteroatoms. The molecule has 4 heterocycles. The molecule has 58 heavy (non-hydrogen) atoms. The van der Waals surface area contributed by atoms with Crippen LogP contribution in [0.15, 0.2) is 205 Å². The molecule has 0 saturated carbocycles. The molecule has 0 N–H and O–H groups in total. The van der Waals surface area contributed by atoms with E-state index >= 15 is 0 Å².